The Labute approximate surface area is 223 Å². The van der Waals surface area contributed by atoms with Crippen molar-refractivity contribution in [3.05, 3.63) is 121 Å². The maximum atomic E-state index is 6.23. The van der Waals surface area contributed by atoms with Gasteiger partial charge in [-0.15, -0.1) is 0 Å². The average molecular weight is 501 g/mol. The number of aromatic nitrogens is 4. The number of para-hydroxylation sites is 2. The fraction of sp³-hybridized carbons (Fsp3) is 0. The Morgan fingerprint density at radius 3 is 2.03 bits per heavy atom. The first-order valence-electron chi connectivity index (χ1n) is 12.8. The molecule has 182 valence electrons. The third-order valence-electron chi connectivity index (χ3n) is 7.14. The molecule has 4 aromatic heterocycles. The number of rotatable bonds is 3. The van der Waals surface area contributed by atoms with Crippen molar-refractivity contribution in [3.8, 4) is 34.0 Å². The van der Waals surface area contributed by atoms with Crippen LogP contribution in [0.5, 0.6) is 0 Å². The van der Waals surface area contributed by atoms with Crippen molar-refractivity contribution in [2.45, 2.75) is 0 Å². The van der Waals surface area contributed by atoms with E-state index in [0.29, 0.717) is 11.4 Å². The summed E-state index contributed by atoms with van der Waals surface area (Å²) in [6.45, 7) is 0. The van der Waals surface area contributed by atoms with Gasteiger partial charge >= 0.3 is 0 Å². The van der Waals surface area contributed by atoms with Crippen LogP contribution in [0.3, 0.4) is 0 Å². The summed E-state index contributed by atoms with van der Waals surface area (Å²) in [6, 6.07) is 38.6. The third-order valence-corrected chi connectivity index (χ3v) is 7.14. The van der Waals surface area contributed by atoms with Crippen LogP contribution >= 0.6 is 0 Å². The van der Waals surface area contributed by atoms with Gasteiger partial charge in [-0.2, -0.15) is 0 Å². The van der Waals surface area contributed by atoms with Crippen molar-refractivity contribution >= 4 is 43.7 Å². The highest BCUT2D eigenvalue weighted by molar-refractivity contribution is 6.10. The van der Waals surface area contributed by atoms with E-state index in [1.54, 1.807) is 0 Å². The van der Waals surface area contributed by atoms with Gasteiger partial charge in [0, 0.05) is 33.5 Å². The maximum Gasteiger partial charge on any atom is 0.180 e. The topological polar surface area (TPSA) is 64.7 Å². The molecule has 0 spiro atoms. The van der Waals surface area contributed by atoms with E-state index in [-0.39, 0.29) is 0 Å². The van der Waals surface area contributed by atoms with E-state index in [4.69, 9.17) is 24.4 Å². The predicted molar refractivity (Wildman–Crippen MR) is 156 cm³/mol. The molecule has 0 saturated carbocycles. The molecule has 4 aromatic carbocycles. The number of benzene rings is 4. The van der Waals surface area contributed by atoms with E-state index in [2.05, 4.69) is 24.3 Å². The summed E-state index contributed by atoms with van der Waals surface area (Å²) < 4.78 is 6.23. The van der Waals surface area contributed by atoms with Gasteiger partial charge < -0.3 is 4.42 Å². The van der Waals surface area contributed by atoms with Crippen molar-refractivity contribution < 1.29 is 4.42 Å². The normalized spacial score (nSPS) is 11.6. The minimum atomic E-state index is 0.600. The zero-order chi connectivity index (χ0) is 25.8. The van der Waals surface area contributed by atoms with Crippen LogP contribution in [0, 0.1) is 0 Å². The van der Waals surface area contributed by atoms with Gasteiger partial charge in [-0.1, -0.05) is 84.9 Å². The van der Waals surface area contributed by atoms with Gasteiger partial charge in [0.25, 0.3) is 0 Å². The van der Waals surface area contributed by atoms with Crippen molar-refractivity contribution in [1.82, 2.24) is 19.9 Å². The molecule has 0 aliphatic rings. The van der Waals surface area contributed by atoms with Crippen LogP contribution in [0.15, 0.2) is 126 Å². The molecule has 0 saturated heterocycles. The summed E-state index contributed by atoms with van der Waals surface area (Å²) in [4.78, 5) is 19.8. The molecule has 4 heterocycles. The monoisotopic (exact) mass is 500 g/mol. The minimum absolute atomic E-state index is 0.600. The van der Waals surface area contributed by atoms with E-state index < -0.39 is 0 Å². The number of pyridine rings is 2. The first kappa shape index (κ1) is 21.6. The van der Waals surface area contributed by atoms with Crippen molar-refractivity contribution in [2.75, 3.05) is 0 Å². The lowest BCUT2D eigenvalue weighted by atomic mass is 10.0. The molecule has 5 nitrogen and oxygen atoms in total. The summed E-state index contributed by atoms with van der Waals surface area (Å²) in [7, 11) is 0. The zero-order valence-electron chi connectivity index (χ0n) is 20.7. The van der Waals surface area contributed by atoms with Crippen LogP contribution in [0.4, 0.5) is 0 Å². The van der Waals surface area contributed by atoms with Gasteiger partial charge in [0.05, 0.1) is 16.9 Å². The van der Waals surface area contributed by atoms with Crippen LogP contribution in [0.1, 0.15) is 0 Å². The molecule has 0 bridgehead atoms. The quantitative estimate of drug-likeness (QED) is 0.228. The van der Waals surface area contributed by atoms with E-state index >= 15 is 0 Å². The molecule has 0 radical (unpaired) electrons. The average Bonchev–Trinajstić information content (AvgIpc) is 3.39. The lowest BCUT2D eigenvalue weighted by Gasteiger charge is -2.10. The maximum absolute atomic E-state index is 6.23. The lowest BCUT2D eigenvalue weighted by molar-refractivity contribution is 0.667. The van der Waals surface area contributed by atoms with Crippen molar-refractivity contribution in [3.63, 3.8) is 0 Å². The number of hydrogen-bond acceptors (Lipinski definition) is 5. The number of nitrogens with zero attached hydrogens (tertiary/aromatic N) is 4. The number of furan rings is 1. The second kappa shape index (κ2) is 8.57. The first-order valence-corrected chi connectivity index (χ1v) is 12.8. The highest BCUT2D eigenvalue weighted by Gasteiger charge is 2.18. The summed E-state index contributed by atoms with van der Waals surface area (Å²) >= 11 is 0. The predicted octanol–water partition coefficient (Wildman–Crippen LogP) is 8.47. The van der Waals surface area contributed by atoms with E-state index in [0.717, 1.165) is 66.4 Å². The minimum Gasteiger partial charge on any atom is -0.452 e. The molecule has 0 amide bonds. The fourth-order valence-electron chi connectivity index (χ4n) is 5.28. The Morgan fingerprint density at radius 1 is 0.487 bits per heavy atom. The molecule has 0 unspecified atom stereocenters. The van der Waals surface area contributed by atoms with Gasteiger partial charge in [0.2, 0.25) is 0 Å². The first-order chi connectivity index (χ1) is 19.3. The summed E-state index contributed by atoms with van der Waals surface area (Å²) in [5.41, 5.74) is 7.44. The van der Waals surface area contributed by atoms with E-state index in [9.17, 15) is 0 Å². The van der Waals surface area contributed by atoms with Gasteiger partial charge in [-0.25, -0.2) is 15.0 Å². The number of hydrogen-bond donors (Lipinski definition) is 0. The van der Waals surface area contributed by atoms with Crippen LogP contribution in [0.25, 0.3) is 77.8 Å². The Balaban J connectivity index is 1.31. The SMILES string of the molecule is c1ccc(-c2nc(-c3ccc(-c4nc5ccccc5c5ccccc45)nc3)nc3c2oc2ccccc23)cc1. The second-order valence-electron chi connectivity index (χ2n) is 9.49. The molecule has 0 aliphatic heterocycles. The van der Waals surface area contributed by atoms with Crippen molar-refractivity contribution in [2.24, 2.45) is 0 Å². The molecular weight excluding hydrogens is 480 g/mol. The van der Waals surface area contributed by atoms with E-state index in [1.807, 2.05) is 97.2 Å². The number of fused-ring (bicyclic) bond motifs is 6. The molecule has 5 heteroatoms. The van der Waals surface area contributed by atoms with Crippen LogP contribution in [0.2, 0.25) is 0 Å². The Kier molecular flexibility index (Phi) is 4.76. The largest absolute Gasteiger partial charge is 0.452 e. The smallest absolute Gasteiger partial charge is 0.180 e. The molecule has 0 atom stereocenters. The molecule has 8 aromatic rings. The van der Waals surface area contributed by atoms with E-state index in [1.165, 1.54) is 0 Å². The molecule has 8 rings (SSSR count). The summed E-state index contributed by atoms with van der Waals surface area (Å²) in [6.07, 6.45) is 1.83. The Bertz CT molecular complexity index is 2170. The fourth-order valence-corrected chi connectivity index (χ4v) is 5.28. The second-order valence-corrected chi connectivity index (χ2v) is 9.49. The third kappa shape index (κ3) is 3.48. The zero-order valence-corrected chi connectivity index (χ0v) is 20.7. The van der Waals surface area contributed by atoms with Gasteiger partial charge in [0.1, 0.15) is 16.8 Å². The standard InChI is InChI=1S/C34H20N4O/c1-2-10-21(11-3-1)30-33-32(26-15-7-9-17-29(26)39-33)38-34(37-30)22-18-19-28(35-20-22)31-25-14-5-4-12-23(25)24-13-6-8-16-27(24)36-31/h1-20H. The lowest BCUT2D eigenvalue weighted by Crippen LogP contribution is -1.96. The highest BCUT2D eigenvalue weighted by Crippen LogP contribution is 2.36. The molecular formula is C34H20N4O. The van der Waals surface area contributed by atoms with Gasteiger partial charge in [-0.3, -0.25) is 4.98 Å². The molecule has 0 N–H and O–H groups in total. The van der Waals surface area contributed by atoms with Crippen molar-refractivity contribution in [1.29, 1.82) is 0 Å². The van der Waals surface area contributed by atoms with Crippen LogP contribution < -0.4 is 0 Å². The van der Waals surface area contributed by atoms with Crippen LogP contribution in [-0.2, 0) is 0 Å². The molecule has 0 fully saturated rings. The summed E-state index contributed by atoms with van der Waals surface area (Å²) in [5, 5.41) is 4.34. The van der Waals surface area contributed by atoms with Gasteiger partial charge in [0.15, 0.2) is 11.4 Å². The Hall–Kier alpha value is -5.42. The summed E-state index contributed by atoms with van der Waals surface area (Å²) in [5.74, 6) is 0.600. The Morgan fingerprint density at radius 2 is 1.21 bits per heavy atom. The molecule has 0 aliphatic carbocycles. The highest BCUT2D eigenvalue weighted by atomic mass is 16.3. The van der Waals surface area contributed by atoms with Gasteiger partial charge in [-0.05, 0) is 35.7 Å². The van der Waals surface area contributed by atoms with Crippen LogP contribution in [-0.4, -0.2) is 19.9 Å². The molecule has 39 heavy (non-hydrogen) atoms.